The largest absolute Gasteiger partial charge is 0.285 e. The van der Waals surface area contributed by atoms with Gasteiger partial charge in [0, 0.05) is 5.56 Å². The second-order valence-corrected chi connectivity index (χ2v) is 9.23. The molecule has 0 aromatic heterocycles. The van der Waals surface area contributed by atoms with Gasteiger partial charge in [-0.25, -0.2) is 0 Å². The highest BCUT2D eigenvalue weighted by atomic mass is 32.2. The number of thioether (sulfide) groups is 1. The number of benzene rings is 4. The van der Waals surface area contributed by atoms with Crippen LogP contribution in [0.1, 0.15) is 21.5 Å². The summed E-state index contributed by atoms with van der Waals surface area (Å²) in [6.07, 6.45) is 1.88. The maximum Gasteiger partial charge on any atom is 0.285 e. The van der Waals surface area contributed by atoms with Gasteiger partial charge in [0.2, 0.25) is 0 Å². The van der Waals surface area contributed by atoms with Crippen molar-refractivity contribution in [3.63, 3.8) is 0 Å². The fourth-order valence-electron chi connectivity index (χ4n) is 3.77. The van der Waals surface area contributed by atoms with E-state index < -0.39 is 0 Å². The molecule has 156 valence electrons. The van der Waals surface area contributed by atoms with E-state index in [0.717, 1.165) is 37.7 Å². The Morgan fingerprint density at radius 1 is 0.938 bits per heavy atom. The molecule has 6 heteroatoms. The smallest absolute Gasteiger partial charge is 0.267 e. The lowest BCUT2D eigenvalue weighted by molar-refractivity contribution is -0.123. The lowest BCUT2D eigenvalue weighted by Gasteiger charge is -2.15. The molecule has 5 rings (SSSR count). The van der Waals surface area contributed by atoms with Crippen LogP contribution in [0.5, 0.6) is 0 Å². The van der Waals surface area contributed by atoms with E-state index >= 15 is 0 Å². The summed E-state index contributed by atoms with van der Waals surface area (Å²) in [5, 5.41) is 5.46. The number of carbonyl (C=O) groups is 2. The first-order valence-electron chi connectivity index (χ1n) is 10.1. The van der Waals surface area contributed by atoms with Gasteiger partial charge < -0.3 is 0 Å². The molecule has 4 aromatic rings. The molecule has 1 saturated heterocycles. The Morgan fingerprint density at radius 3 is 2.16 bits per heavy atom. The zero-order valence-electron chi connectivity index (χ0n) is 17.2. The second-order valence-electron chi connectivity index (χ2n) is 7.56. The number of thiocarbonyl (C=S) groups is 1. The van der Waals surface area contributed by atoms with E-state index in [4.69, 9.17) is 12.2 Å². The molecule has 32 heavy (non-hydrogen) atoms. The van der Waals surface area contributed by atoms with E-state index in [-0.39, 0.29) is 11.8 Å². The molecule has 0 unspecified atom stereocenters. The molecule has 0 saturated carbocycles. The van der Waals surface area contributed by atoms with Crippen molar-refractivity contribution in [1.29, 1.82) is 0 Å². The number of hydrogen-bond acceptors (Lipinski definition) is 4. The highest BCUT2D eigenvalue weighted by Gasteiger charge is 2.34. The number of amides is 2. The van der Waals surface area contributed by atoms with Crippen molar-refractivity contribution >= 4 is 67.7 Å². The summed E-state index contributed by atoms with van der Waals surface area (Å²) < 4.78 is 0.297. The SMILES string of the molecule is Cc1ccc(C(=O)NN2C(=O)C(=Cc3c4ccccc4cc4ccccc34)SC2=S)cc1. The molecule has 0 bridgehead atoms. The number of aryl methyl sites for hydroxylation is 1. The van der Waals surface area contributed by atoms with E-state index in [1.165, 1.54) is 11.8 Å². The number of rotatable bonds is 3. The van der Waals surface area contributed by atoms with Gasteiger partial charge in [0.25, 0.3) is 11.8 Å². The van der Waals surface area contributed by atoms with Crippen molar-refractivity contribution in [3.8, 4) is 0 Å². The van der Waals surface area contributed by atoms with Crippen LogP contribution in [-0.4, -0.2) is 21.1 Å². The molecule has 4 nitrogen and oxygen atoms in total. The maximum atomic E-state index is 13.1. The van der Waals surface area contributed by atoms with E-state index in [2.05, 4.69) is 23.6 Å². The molecule has 1 aliphatic heterocycles. The van der Waals surface area contributed by atoms with E-state index in [0.29, 0.717) is 14.8 Å². The first kappa shape index (κ1) is 20.4. The van der Waals surface area contributed by atoms with Crippen molar-refractivity contribution < 1.29 is 9.59 Å². The van der Waals surface area contributed by atoms with Gasteiger partial charge in [-0.15, -0.1) is 0 Å². The van der Waals surface area contributed by atoms with Gasteiger partial charge in [-0.1, -0.05) is 78.0 Å². The van der Waals surface area contributed by atoms with Crippen molar-refractivity contribution in [3.05, 3.63) is 100 Å². The lowest BCUT2D eigenvalue weighted by Crippen LogP contribution is -2.44. The summed E-state index contributed by atoms with van der Waals surface area (Å²) in [7, 11) is 0. The monoisotopic (exact) mass is 454 g/mol. The number of hydrazine groups is 1. The number of nitrogens with zero attached hydrogens (tertiary/aromatic N) is 1. The maximum absolute atomic E-state index is 13.1. The molecular weight excluding hydrogens is 436 g/mol. The molecule has 0 spiro atoms. The molecule has 0 atom stereocenters. The Labute approximate surface area is 194 Å². The van der Waals surface area contributed by atoms with Gasteiger partial charge in [-0.3, -0.25) is 15.0 Å². The average molecular weight is 455 g/mol. The fourth-order valence-corrected chi connectivity index (χ4v) is 4.93. The van der Waals surface area contributed by atoms with Crippen molar-refractivity contribution in [2.75, 3.05) is 0 Å². The van der Waals surface area contributed by atoms with Crippen LogP contribution in [0.2, 0.25) is 0 Å². The standard InChI is InChI=1S/C26H18N2O2S2/c1-16-10-12-17(13-11-16)24(29)27-28-25(30)23(32-26(28)31)15-22-20-8-4-2-6-18(20)14-19-7-3-5-9-21(19)22/h2-15H,1H3,(H,27,29). The number of carbonyl (C=O) groups excluding carboxylic acids is 2. The molecule has 1 fully saturated rings. The minimum Gasteiger partial charge on any atom is -0.267 e. The Balaban J connectivity index is 1.52. The summed E-state index contributed by atoms with van der Waals surface area (Å²) >= 11 is 6.59. The van der Waals surface area contributed by atoms with Crippen LogP contribution in [0, 0.1) is 6.92 Å². The van der Waals surface area contributed by atoms with Gasteiger partial charge in [-0.2, -0.15) is 5.01 Å². The van der Waals surface area contributed by atoms with Crippen molar-refractivity contribution in [1.82, 2.24) is 10.4 Å². The molecule has 0 radical (unpaired) electrons. The normalized spacial score (nSPS) is 15.2. The first-order chi connectivity index (χ1) is 15.5. The van der Waals surface area contributed by atoms with Crippen LogP contribution in [0.3, 0.4) is 0 Å². The zero-order valence-corrected chi connectivity index (χ0v) is 18.8. The number of hydrogen-bond donors (Lipinski definition) is 1. The topological polar surface area (TPSA) is 49.4 Å². The highest BCUT2D eigenvalue weighted by Crippen LogP contribution is 2.36. The summed E-state index contributed by atoms with van der Waals surface area (Å²) in [6, 6.07) is 25.5. The number of fused-ring (bicyclic) bond motifs is 2. The molecule has 2 amide bonds. The van der Waals surface area contributed by atoms with Crippen LogP contribution >= 0.6 is 24.0 Å². The fraction of sp³-hybridized carbons (Fsp3) is 0.0385. The van der Waals surface area contributed by atoms with Crippen LogP contribution in [-0.2, 0) is 4.79 Å². The Morgan fingerprint density at radius 2 is 1.53 bits per heavy atom. The van der Waals surface area contributed by atoms with E-state index in [1.807, 2.05) is 61.5 Å². The van der Waals surface area contributed by atoms with Gasteiger partial charge in [0.1, 0.15) is 0 Å². The molecule has 1 N–H and O–H groups in total. The van der Waals surface area contributed by atoms with Gasteiger partial charge >= 0.3 is 0 Å². The third kappa shape index (κ3) is 3.68. The second kappa shape index (κ2) is 8.22. The van der Waals surface area contributed by atoms with Crippen molar-refractivity contribution in [2.45, 2.75) is 6.92 Å². The predicted molar refractivity (Wildman–Crippen MR) is 135 cm³/mol. The summed E-state index contributed by atoms with van der Waals surface area (Å²) in [5.74, 6) is -0.712. The quantitative estimate of drug-likeness (QED) is 0.240. The van der Waals surface area contributed by atoms with Crippen molar-refractivity contribution in [2.24, 2.45) is 0 Å². The van der Waals surface area contributed by atoms with E-state index in [9.17, 15) is 9.59 Å². The van der Waals surface area contributed by atoms with Crippen LogP contribution in [0.4, 0.5) is 0 Å². The third-order valence-corrected chi connectivity index (χ3v) is 6.71. The Hall–Kier alpha value is -3.48. The van der Waals surface area contributed by atoms with E-state index in [1.54, 1.807) is 12.1 Å². The Kier molecular flexibility index (Phi) is 5.25. The highest BCUT2D eigenvalue weighted by molar-refractivity contribution is 8.26. The van der Waals surface area contributed by atoms with Crippen LogP contribution < -0.4 is 5.43 Å². The number of nitrogens with one attached hydrogen (secondary N) is 1. The molecule has 1 aliphatic rings. The summed E-state index contributed by atoms with van der Waals surface area (Å²) in [6.45, 7) is 1.95. The Bertz CT molecular complexity index is 1390. The predicted octanol–water partition coefficient (Wildman–Crippen LogP) is 5.85. The minimum absolute atomic E-state index is 0.297. The first-order valence-corrected chi connectivity index (χ1v) is 11.3. The lowest BCUT2D eigenvalue weighted by atomic mass is 9.96. The average Bonchev–Trinajstić information content (AvgIpc) is 3.06. The van der Waals surface area contributed by atoms with Gasteiger partial charge in [0.15, 0.2) is 4.32 Å². The minimum atomic E-state index is -0.377. The van der Waals surface area contributed by atoms with Crippen LogP contribution in [0.15, 0.2) is 83.8 Å². The molecule has 1 heterocycles. The van der Waals surface area contributed by atoms with Gasteiger partial charge in [0.05, 0.1) is 4.91 Å². The zero-order chi connectivity index (χ0) is 22.2. The van der Waals surface area contributed by atoms with Crippen LogP contribution in [0.25, 0.3) is 27.6 Å². The molecule has 4 aromatic carbocycles. The summed E-state index contributed by atoms with van der Waals surface area (Å²) in [4.78, 5) is 26.2. The van der Waals surface area contributed by atoms with Gasteiger partial charge in [-0.05, 0) is 70.5 Å². The molecule has 0 aliphatic carbocycles. The molecular formula is C26H18N2O2S2. The third-order valence-electron chi connectivity index (χ3n) is 5.41. The summed E-state index contributed by atoms with van der Waals surface area (Å²) in [5.41, 5.74) is 5.13.